The van der Waals surface area contributed by atoms with Crippen molar-refractivity contribution in [3.05, 3.63) is 64.7 Å². The Morgan fingerprint density at radius 3 is 2.62 bits per heavy atom. The second kappa shape index (κ2) is 8.18. The van der Waals surface area contributed by atoms with Gasteiger partial charge in [0.1, 0.15) is 12.4 Å². The van der Waals surface area contributed by atoms with Crippen molar-refractivity contribution in [3.8, 4) is 5.75 Å². The maximum absolute atomic E-state index is 12.6. The molecular formula is C19H21ClN2O2. The van der Waals surface area contributed by atoms with E-state index in [1.54, 1.807) is 6.07 Å². The van der Waals surface area contributed by atoms with Gasteiger partial charge in [-0.05, 0) is 44.1 Å². The van der Waals surface area contributed by atoms with E-state index in [0.29, 0.717) is 22.9 Å². The van der Waals surface area contributed by atoms with Crippen molar-refractivity contribution in [2.45, 2.75) is 25.5 Å². The molecule has 1 fully saturated rings. The molecular weight excluding hydrogens is 324 g/mol. The minimum atomic E-state index is -0.0864. The van der Waals surface area contributed by atoms with Crippen LogP contribution in [-0.2, 0) is 6.61 Å². The molecule has 2 N–H and O–H groups in total. The summed E-state index contributed by atoms with van der Waals surface area (Å²) < 4.78 is 5.86. The van der Waals surface area contributed by atoms with E-state index in [2.05, 4.69) is 10.6 Å². The molecule has 1 saturated heterocycles. The second-order valence-electron chi connectivity index (χ2n) is 5.87. The maximum atomic E-state index is 12.6. The monoisotopic (exact) mass is 344 g/mol. The summed E-state index contributed by atoms with van der Waals surface area (Å²) in [7, 11) is 0. The van der Waals surface area contributed by atoms with Gasteiger partial charge in [-0.1, -0.05) is 41.9 Å². The zero-order chi connectivity index (χ0) is 16.8. The van der Waals surface area contributed by atoms with E-state index in [9.17, 15) is 4.79 Å². The highest BCUT2D eigenvalue weighted by atomic mass is 35.5. The first-order valence-electron chi connectivity index (χ1n) is 8.21. The molecule has 3 rings (SSSR count). The number of para-hydroxylation sites is 1. The maximum Gasteiger partial charge on any atom is 0.255 e. The molecule has 5 heteroatoms. The first-order chi connectivity index (χ1) is 11.7. The fourth-order valence-electron chi connectivity index (χ4n) is 2.78. The average Bonchev–Trinajstić information content (AvgIpc) is 2.62. The SMILES string of the molecule is O=C(NC1CCNCC1)c1ccccc1OCc1ccccc1Cl. The molecule has 0 aliphatic carbocycles. The topological polar surface area (TPSA) is 50.4 Å². The highest BCUT2D eigenvalue weighted by Crippen LogP contribution is 2.22. The van der Waals surface area contributed by atoms with Gasteiger partial charge < -0.3 is 15.4 Å². The van der Waals surface area contributed by atoms with E-state index in [1.165, 1.54) is 0 Å². The Balaban J connectivity index is 1.68. The Bertz CT molecular complexity index is 699. The molecule has 1 aliphatic rings. The lowest BCUT2D eigenvalue weighted by atomic mass is 10.1. The van der Waals surface area contributed by atoms with E-state index < -0.39 is 0 Å². The van der Waals surface area contributed by atoms with Crippen LogP contribution in [0, 0.1) is 0 Å². The molecule has 1 amide bonds. The fraction of sp³-hybridized carbons (Fsp3) is 0.316. The summed E-state index contributed by atoms with van der Waals surface area (Å²) in [5, 5.41) is 7.06. The van der Waals surface area contributed by atoms with Gasteiger partial charge >= 0.3 is 0 Å². The molecule has 1 heterocycles. The first-order valence-corrected chi connectivity index (χ1v) is 8.58. The normalized spacial score (nSPS) is 15.0. The molecule has 0 aromatic heterocycles. The number of hydrogen-bond donors (Lipinski definition) is 2. The predicted octanol–water partition coefficient (Wildman–Crippen LogP) is 3.40. The number of rotatable bonds is 5. The van der Waals surface area contributed by atoms with Crippen molar-refractivity contribution in [2.75, 3.05) is 13.1 Å². The third-order valence-corrected chi connectivity index (χ3v) is 4.52. The molecule has 0 atom stereocenters. The molecule has 4 nitrogen and oxygen atoms in total. The quantitative estimate of drug-likeness (QED) is 0.874. The van der Waals surface area contributed by atoms with Crippen molar-refractivity contribution >= 4 is 17.5 Å². The van der Waals surface area contributed by atoms with Gasteiger partial charge in [0.05, 0.1) is 5.56 Å². The Kier molecular flexibility index (Phi) is 5.72. The number of carbonyl (C=O) groups excluding carboxylic acids is 1. The van der Waals surface area contributed by atoms with Gasteiger partial charge in [-0.15, -0.1) is 0 Å². The summed E-state index contributed by atoms with van der Waals surface area (Å²) in [5.74, 6) is 0.487. The summed E-state index contributed by atoms with van der Waals surface area (Å²) in [6, 6.07) is 15.1. The third kappa shape index (κ3) is 4.28. The first kappa shape index (κ1) is 16.8. The number of halogens is 1. The van der Waals surface area contributed by atoms with Crippen LogP contribution in [0.15, 0.2) is 48.5 Å². The second-order valence-corrected chi connectivity index (χ2v) is 6.28. The largest absolute Gasteiger partial charge is 0.488 e. The Morgan fingerprint density at radius 1 is 1.12 bits per heavy atom. The van der Waals surface area contributed by atoms with Crippen LogP contribution in [0.25, 0.3) is 0 Å². The lowest BCUT2D eigenvalue weighted by Gasteiger charge is -2.24. The summed E-state index contributed by atoms with van der Waals surface area (Å²) in [6.45, 7) is 2.21. The van der Waals surface area contributed by atoms with Gasteiger partial charge in [-0.3, -0.25) is 4.79 Å². The van der Waals surface area contributed by atoms with Crippen LogP contribution in [0.3, 0.4) is 0 Å². The summed E-state index contributed by atoms with van der Waals surface area (Å²) >= 11 is 6.16. The number of carbonyl (C=O) groups is 1. The van der Waals surface area contributed by atoms with Gasteiger partial charge in [-0.25, -0.2) is 0 Å². The lowest BCUT2D eigenvalue weighted by Crippen LogP contribution is -2.42. The predicted molar refractivity (Wildman–Crippen MR) is 95.6 cm³/mol. The van der Waals surface area contributed by atoms with Crippen LogP contribution in [0.2, 0.25) is 5.02 Å². The number of amides is 1. The highest BCUT2D eigenvalue weighted by molar-refractivity contribution is 6.31. The average molecular weight is 345 g/mol. The molecule has 0 unspecified atom stereocenters. The highest BCUT2D eigenvalue weighted by Gasteiger charge is 2.18. The molecule has 2 aromatic carbocycles. The van der Waals surface area contributed by atoms with Gasteiger partial charge in [0.2, 0.25) is 0 Å². The fourth-order valence-corrected chi connectivity index (χ4v) is 2.97. The number of benzene rings is 2. The minimum Gasteiger partial charge on any atom is -0.488 e. The Hall–Kier alpha value is -2.04. The van der Waals surface area contributed by atoms with Gasteiger partial charge in [0, 0.05) is 16.6 Å². The molecule has 1 aliphatic heterocycles. The van der Waals surface area contributed by atoms with Crippen LogP contribution >= 0.6 is 11.6 Å². The van der Waals surface area contributed by atoms with Crippen molar-refractivity contribution in [1.29, 1.82) is 0 Å². The van der Waals surface area contributed by atoms with Crippen LogP contribution in [0.5, 0.6) is 5.75 Å². The van der Waals surface area contributed by atoms with Crippen LogP contribution in [-0.4, -0.2) is 25.0 Å². The molecule has 126 valence electrons. The van der Waals surface area contributed by atoms with Crippen molar-refractivity contribution in [1.82, 2.24) is 10.6 Å². The molecule has 2 aromatic rings. The minimum absolute atomic E-state index is 0.0864. The van der Waals surface area contributed by atoms with E-state index in [-0.39, 0.29) is 11.9 Å². The smallest absolute Gasteiger partial charge is 0.255 e. The van der Waals surface area contributed by atoms with E-state index in [1.807, 2.05) is 42.5 Å². The van der Waals surface area contributed by atoms with Crippen molar-refractivity contribution in [3.63, 3.8) is 0 Å². The Morgan fingerprint density at radius 2 is 1.83 bits per heavy atom. The van der Waals surface area contributed by atoms with E-state index >= 15 is 0 Å². The lowest BCUT2D eigenvalue weighted by molar-refractivity contribution is 0.0925. The van der Waals surface area contributed by atoms with Gasteiger partial charge in [-0.2, -0.15) is 0 Å². The zero-order valence-corrected chi connectivity index (χ0v) is 14.2. The van der Waals surface area contributed by atoms with Crippen LogP contribution in [0.1, 0.15) is 28.8 Å². The van der Waals surface area contributed by atoms with Crippen molar-refractivity contribution in [2.24, 2.45) is 0 Å². The number of hydrogen-bond acceptors (Lipinski definition) is 3. The third-order valence-electron chi connectivity index (χ3n) is 4.15. The number of nitrogens with one attached hydrogen (secondary N) is 2. The molecule has 0 saturated carbocycles. The van der Waals surface area contributed by atoms with E-state index in [4.69, 9.17) is 16.3 Å². The molecule has 24 heavy (non-hydrogen) atoms. The standard InChI is InChI=1S/C19H21ClN2O2/c20-17-7-3-1-5-14(17)13-24-18-8-4-2-6-16(18)19(23)22-15-9-11-21-12-10-15/h1-8,15,21H,9-13H2,(H,22,23). The van der Waals surface area contributed by atoms with Gasteiger partial charge in [0.25, 0.3) is 5.91 Å². The number of ether oxygens (including phenoxy) is 1. The van der Waals surface area contributed by atoms with E-state index in [0.717, 1.165) is 31.5 Å². The van der Waals surface area contributed by atoms with Gasteiger partial charge in [0.15, 0.2) is 0 Å². The van der Waals surface area contributed by atoms with Crippen LogP contribution in [0.4, 0.5) is 0 Å². The molecule has 0 radical (unpaired) electrons. The summed E-state index contributed by atoms with van der Waals surface area (Å²) in [5.41, 5.74) is 1.45. The number of piperidine rings is 1. The van der Waals surface area contributed by atoms with Crippen molar-refractivity contribution < 1.29 is 9.53 Å². The summed E-state index contributed by atoms with van der Waals surface area (Å²) in [6.07, 6.45) is 1.91. The zero-order valence-electron chi connectivity index (χ0n) is 13.4. The van der Waals surface area contributed by atoms with Crippen LogP contribution < -0.4 is 15.4 Å². The molecule has 0 bridgehead atoms. The summed E-state index contributed by atoms with van der Waals surface area (Å²) in [4.78, 5) is 12.6. The Labute approximate surface area is 147 Å². The molecule has 0 spiro atoms.